The Morgan fingerprint density at radius 3 is 1.69 bits per heavy atom. The second-order valence-electron chi connectivity index (χ2n) is 6.68. The van der Waals surface area contributed by atoms with Crippen LogP contribution in [0.1, 0.15) is 23.3 Å². The monoisotopic (exact) mass is 687 g/mol. The van der Waals surface area contributed by atoms with E-state index in [-0.39, 0.29) is 26.3 Å². The van der Waals surface area contributed by atoms with Crippen molar-refractivity contribution in [1.82, 2.24) is 4.98 Å². The number of carboxylic acid groups (broad SMARTS) is 1. The number of para-hydroxylation sites is 1. The molecule has 0 unspecified atom stereocenters. The summed E-state index contributed by atoms with van der Waals surface area (Å²) in [5.41, 5.74) is 2.36. The predicted molar refractivity (Wildman–Crippen MR) is 148 cm³/mol. The largest absolute Gasteiger partial charge is 0.693 e. The van der Waals surface area contributed by atoms with E-state index in [2.05, 4.69) is 44.7 Å². The number of fused-ring (bicyclic) bond motifs is 3. The third-order valence-corrected chi connectivity index (χ3v) is 4.54. The minimum absolute atomic E-state index is 0. The van der Waals surface area contributed by atoms with Gasteiger partial charge in [-0.3, -0.25) is 4.98 Å². The maximum Gasteiger partial charge on any atom is 0.0708 e. The summed E-state index contributed by atoms with van der Waals surface area (Å²) in [5, 5.41) is 20.6. The van der Waals surface area contributed by atoms with Crippen molar-refractivity contribution in [1.29, 1.82) is 0 Å². The van der Waals surface area contributed by atoms with Gasteiger partial charge in [0.15, 0.2) is 0 Å². The van der Waals surface area contributed by atoms with Gasteiger partial charge in [0.05, 0.1) is 17.7 Å². The molecular weight excluding hydrogens is 657 g/mol. The summed E-state index contributed by atoms with van der Waals surface area (Å²) in [6, 6.07) is 34.4. The minimum Gasteiger partial charge on any atom is -0.693 e. The van der Waals surface area contributed by atoms with Crippen LogP contribution in [0.25, 0.3) is 34.0 Å². The van der Waals surface area contributed by atoms with E-state index in [0.717, 1.165) is 11.1 Å². The molecular formula is C28H31ClN3O3Pt-2. The van der Waals surface area contributed by atoms with Crippen LogP contribution in [0.3, 0.4) is 0 Å². The van der Waals surface area contributed by atoms with E-state index in [1.807, 2.05) is 54.7 Å². The molecule has 1 heterocycles. The van der Waals surface area contributed by atoms with Crippen molar-refractivity contribution in [2.75, 3.05) is 0 Å². The molecule has 0 amide bonds. The van der Waals surface area contributed by atoms with Gasteiger partial charge in [-0.2, -0.15) is 0 Å². The molecule has 6 nitrogen and oxygen atoms in total. The molecule has 0 aliphatic carbocycles. The molecule has 0 atom stereocenters. The van der Waals surface area contributed by atoms with Gasteiger partial charge < -0.3 is 22.5 Å². The Hall–Kier alpha value is -3.12. The number of aromatic nitrogens is 1. The van der Waals surface area contributed by atoms with Crippen LogP contribution in [0.2, 0.25) is 0 Å². The number of hydrogen-bond acceptors (Lipinski definition) is 3. The van der Waals surface area contributed by atoms with Crippen molar-refractivity contribution in [2.45, 2.75) is 14.0 Å². The summed E-state index contributed by atoms with van der Waals surface area (Å²) in [6.45, 7) is 0.140. The number of hydrogen-bond donors (Lipinski definition) is 2. The van der Waals surface area contributed by atoms with Crippen molar-refractivity contribution in [2.24, 2.45) is 0 Å². The summed E-state index contributed by atoms with van der Waals surface area (Å²) in [5.74, 6) is -0.879. The Kier molecular flexibility index (Phi) is 19.6. The standard InChI is InChI=1S/C13H9N.C7H6O2.C7H8O.CH4.ClH.2H2N.Pt/c1-2-6-11-10(5-1)9-14-13-8-4-3-7-12(11)13;8-7(9)6-4-2-1-3-5-6;8-6-7-4-2-1-3-5-7;;;;;/h1-9H;1-5H,(H,8,9);1-5,8H,6H2;1H4;1H;2*1H2;/q;;;;;2*-1;+1/p-1. The number of pyridine rings is 1. The van der Waals surface area contributed by atoms with E-state index in [0.29, 0.717) is 5.56 Å². The van der Waals surface area contributed by atoms with Gasteiger partial charge in [0.25, 0.3) is 0 Å². The summed E-state index contributed by atoms with van der Waals surface area (Å²) in [6.07, 6.45) is 1.93. The van der Waals surface area contributed by atoms with Crippen molar-refractivity contribution < 1.29 is 33.8 Å². The Labute approximate surface area is 228 Å². The third-order valence-electron chi connectivity index (χ3n) is 4.54. The van der Waals surface area contributed by atoms with Crippen molar-refractivity contribution in [3.8, 4) is 0 Å². The molecule has 8 heteroatoms. The number of aliphatic hydroxyl groups excluding tert-OH is 1. The molecule has 0 saturated carbocycles. The summed E-state index contributed by atoms with van der Waals surface area (Å²) in [4.78, 5) is 14.6. The fraction of sp³-hybridized carbons (Fsp3) is 0.0714. The first-order chi connectivity index (χ1) is 16.2. The van der Waals surface area contributed by atoms with Crippen LogP contribution in [-0.2, 0) is 25.4 Å². The van der Waals surface area contributed by atoms with Gasteiger partial charge in [-0.1, -0.05) is 98.4 Å². The molecule has 0 fully saturated rings. The van der Waals surface area contributed by atoms with Crippen LogP contribution < -0.4 is 0 Å². The molecule has 5 aromatic rings. The Bertz CT molecular complexity index is 1210. The number of aliphatic hydroxyl groups is 1. The molecule has 1 aromatic heterocycles. The van der Waals surface area contributed by atoms with Crippen LogP contribution in [-0.4, -0.2) is 21.2 Å². The Morgan fingerprint density at radius 2 is 1.19 bits per heavy atom. The van der Waals surface area contributed by atoms with E-state index < -0.39 is 5.97 Å². The molecule has 6 N–H and O–H groups in total. The van der Waals surface area contributed by atoms with Crippen molar-refractivity contribution >= 4 is 37.1 Å². The molecule has 4 aromatic carbocycles. The number of nitrogens with zero attached hydrogens (tertiary/aromatic N) is 1. The summed E-state index contributed by atoms with van der Waals surface area (Å²) >= 11 is 1.61. The molecule has 0 radical (unpaired) electrons. The van der Waals surface area contributed by atoms with Gasteiger partial charge in [0, 0.05) is 17.0 Å². The van der Waals surface area contributed by atoms with E-state index >= 15 is 0 Å². The number of rotatable bonds is 2. The molecule has 0 spiro atoms. The topological polar surface area (TPSA) is 137 Å². The van der Waals surface area contributed by atoms with Crippen molar-refractivity contribution in [3.63, 3.8) is 0 Å². The maximum absolute atomic E-state index is 10.2. The normalized spacial score (nSPS) is 8.67. The van der Waals surface area contributed by atoms with E-state index in [9.17, 15) is 4.79 Å². The number of carbonyl (C=O) groups is 1. The van der Waals surface area contributed by atoms with Crippen LogP contribution in [0.4, 0.5) is 0 Å². The average molecular weight is 688 g/mol. The summed E-state index contributed by atoms with van der Waals surface area (Å²) in [7, 11) is 4.61. The average Bonchev–Trinajstić information content (AvgIpc) is 2.91. The first kappa shape index (κ1) is 35.0. The number of aromatic carboxylic acids is 1. The van der Waals surface area contributed by atoms with Gasteiger partial charge in [0.1, 0.15) is 0 Å². The van der Waals surface area contributed by atoms with Crippen LogP contribution in [0.15, 0.2) is 115 Å². The van der Waals surface area contributed by atoms with E-state index in [1.165, 1.54) is 16.2 Å². The molecule has 0 saturated heterocycles. The first-order valence-corrected chi connectivity index (χ1v) is 12.8. The minimum atomic E-state index is -0.879. The quantitative estimate of drug-likeness (QED) is 0.179. The van der Waals surface area contributed by atoms with Gasteiger partial charge >= 0.3 is 34.2 Å². The Balaban J connectivity index is 0. The van der Waals surface area contributed by atoms with Crippen LogP contribution >= 0.6 is 9.42 Å². The first-order valence-electron chi connectivity index (χ1n) is 9.96. The maximum atomic E-state index is 10.2. The van der Waals surface area contributed by atoms with Crippen molar-refractivity contribution in [3.05, 3.63) is 139 Å². The second-order valence-corrected chi connectivity index (χ2v) is 6.68. The number of halogens is 1. The number of benzene rings is 4. The van der Waals surface area contributed by atoms with Gasteiger partial charge in [-0.15, -0.1) is 0 Å². The van der Waals surface area contributed by atoms with Gasteiger partial charge in [0.2, 0.25) is 0 Å². The molecule has 0 aliphatic heterocycles. The fourth-order valence-corrected chi connectivity index (χ4v) is 2.97. The molecule has 5 rings (SSSR count). The van der Waals surface area contributed by atoms with Crippen LogP contribution in [0, 0.1) is 0 Å². The SMILES string of the molecule is C.O=C(O)c1ccccc1.OCc1ccccc1.[Cl][Pt].[NH2-].[NH2-].c1ccc2c(c1)cnc1ccccc12. The smallest absolute Gasteiger partial charge is 0.0708 e. The summed E-state index contributed by atoms with van der Waals surface area (Å²) < 4.78 is 0. The van der Waals surface area contributed by atoms with Gasteiger partial charge in [-0.05, 0) is 29.1 Å². The molecule has 0 aliphatic rings. The number of nitrogens with two attached hydrogens (primary N) is 2. The molecule has 36 heavy (non-hydrogen) atoms. The second kappa shape index (κ2) is 20.1. The Morgan fingerprint density at radius 1 is 0.722 bits per heavy atom. The predicted octanol–water partition coefficient (Wildman–Crippen LogP) is 8.71. The van der Waals surface area contributed by atoms with Gasteiger partial charge in [-0.25, -0.2) is 4.79 Å². The zero-order chi connectivity index (χ0) is 23.9. The van der Waals surface area contributed by atoms with E-state index in [4.69, 9.17) is 10.2 Å². The molecule has 0 bridgehead atoms. The van der Waals surface area contributed by atoms with Crippen LogP contribution in [0.5, 0.6) is 0 Å². The zero-order valence-electron chi connectivity index (χ0n) is 18.8. The fourth-order valence-electron chi connectivity index (χ4n) is 2.97. The third kappa shape index (κ3) is 11.1. The zero-order valence-corrected chi connectivity index (χ0v) is 21.8. The van der Waals surface area contributed by atoms with E-state index in [1.54, 1.807) is 49.1 Å². The molecule has 195 valence electrons. The number of carboxylic acids is 1.